The maximum absolute atomic E-state index is 8.53. The van der Waals surface area contributed by atoms with E-state index in [1.165, 1.54) is 0 Å². The summed E-state index contributed by atoms with van der Waals surface area (Å²) < 4.78 is 5.86. The van der Waals surface area contributed by atoms with E-state index in [0.717, 1.165) is 9.99 Å². The molecule has 2 aromatic rings. The number of furan rings is 1. The molecule has 0 bridgehead atoms. The summed E-state index contributed by atoms with van der Waals surface area (Å²) in [7, 11) is 0. The maximum atomic E-state index is 8.53. The maximum Gasteiger partial charge on any atom is 0.204 e. The molecule has 0 aromatic carbocycles. The lowest BCUT2D eigenvalue weighted by atomic mass is 10.3. The first-order chi connectivity index (χ1) is 5.79. The van der Waals surface area contributed by atoms with Crippen molar-refractivity contribution in [2.24, 2.45) is 0 Å². The summed E-state index contributed by atoms with van der Waals surface area (Å²) in [6.45, 7) is 0. The molecule has 0 atom stereocenters. The molecular weight excluding hydrogens is 220 g/mol. The molecule has 0 saturated heterocycles. The highest BCUT2D eigenvalue weighted by molar-refractivity contribution is 9.10. The zero-order chi connectivity index (χ0) is 8.55. The highest BCUT2D eigenvalue weighted by Crippen LogP contribution is 2.20. The minimum atomic E-state index is 0.310. The third-order valence-electron chi connectivity index (χ3n) is 1.48. The zero-order valence-corrected chi connectivity index (χ0v) is 7.50. The van der Waals surface area contributed by atoms with E-state index in [4.69, 9.17) is 9.68 Å². The summed E-state index contributed by atoms with van der Waals surface area (Å²) in [6.07, 6.45) is 1.58. The van der Waals surface area contributed by atoms with Crippen molar-refractivity contribution in [1.29, 1.82) is 5.26 Å². The number of nitrogens with zero attached hydrogens (tertiary/aromatic N) is 2. The van der Waals surface area contributed by atoms with Gasteiger partial charge in [0.15, 0.2) is 5.58 Å². The smallest absolute Gasteiger partial charge is 0.204 e. The van der Waals surface area contributed by atoms with Gasteiger partial charge in [-0.1, -0.05) is 0 Å². The van der Waals surface area contributed by atoms with Gasteiger partial charge in [-0.15, -0.1) is 0 Å². The lowest BCUT2D eigenvalue weighted by molar-refractivity contribution is 0.598. The molecule has 0 aliphatic rings. The van der Waals surface area contributed by atoms with Crippen LogP contribution in [0.5, 0.6) is 0 Å². The van der Waals surface area contributed by atoms with Gasteiger partial charge in [0.1, 0.15) is 10.7 Å². The predicted octanol–water partition coefficient (Wildman–Crippen LogP) is 2.46. The highest BCUT2D eigenvalue weighted by Gasteiger charge is 2.02. The fourth-order valence-electron chi connectivity index (χ4n) is 0.974. The first kappa shape index (κ1) is 7.32. The molecule has 4 heteroatoms. The van der Waals surface area contributed by atoms with Crippen molar-refractivity contribution >= 4 is 26.9 Å². The van der Waals surface area contributed by atoms with Gasteiger partial charge in [0.2, 0.25) is 5.76 Å². The predicted molar refractivity (Wildman–Crippen MR) is 46.4 cm³/mol. The Hall–Kier alpha value is -1.34. The molecule has 0 fully saturated rings. The Labute approximate surface area is 76.8 Å². The Kier molecular flexibility index (Phi) is 1.59. The van der Waals surface area contributed by atoms with Crippen LogP contribution in [0.3, 0.4) is 0 Å². The van der Waals surface area contributed by atoms with Gasteiger partial charge in [0, 0.05) is 11.5 Å². The molecule has 0 amide bonds. The lowest BCUT2D eigenvalue weighted by Crippen LogP contribution is -1.71. The van der Waals surface area contributed by atoms with E-state index in [1.807, 2.05) is 6.07 Å². The van der Waals surface area contributed by atoms with Gasteiger partial charge in [-0.05, 0) is 22.0 Å². The Morgan fingerprint density at radius 3 is 3.08 bits per heavy atom. The van der Waals surface area contributed by atoms with E-state index in [1.54, 1.807) is 18.3 Å². The Bertz CT molecular complexity index is 469. The summed E-state index contributed by atoms with van der Waals surface area (Å²) in [6, 6.07) is 5.41. The number of pyridine rings is 1. The first-order valence-electron chi connectivity index (χ1n) is 3.25. The van der Waals surface area contributed by atoms with Crippen molar-refractivity contribution in [2.75, 3.05) is 0 Å². The molecule has 0 saturated carbocycles. The van der Waals surface area contributed by atoms with Crippen LogP contribution in [0.2, 0.25) is 0 Å². The van der Waals surface area contributed by atoms with Crippen molar-refractivity contribution in [3.8, 4) is 6.07 Å². The van der Waals surface area contributed by atoms with Gasteiger partial charge in [-0.2, -0.15) is 5.26 Å². The van der Waals surface area contributed by atoms with Crippen LogP contribution in [0.4, 0.5) is 0 Å². The molecule has 0 spiro atoms. The molecule has 2 heterocycles. The van der Waals surface area contributed by atoms with E-state index in [-0.39, 0.29) is 0 Å². The Morgan fingerprint density at radius 2 is 2.33 bits per heavy atom. The summed E-state index contributed by atoms with van der Waals surface area (Å²) >= 11 is 3.23. The van der Waals surface area contributed by atoms with Crippen LogP contribution in [0, 0.1) is 11.3 Å². The zero-order valence-electron chi connectivity index (χ0n) is 5.91. The third kappa shape index (κ3) is 1.08. The molecule has 2 aromatic heterocycles. The molecule has 0 aliphatic carbocycles. The molecule has 3 nitrogen and oxygen atoms in total. The number of halogens is 1. The first-order valence-corrected chi connectivity index (χ1v) is 4.04. The monoisotopic (exact) mass is 222 g/mol. The second kappa shape index (κ2) is 2.61. The fourth-order valence-corrected chi connectivity index (χ4v) is 1.32. The number of hydrogen-bond donors (Lipinski definition) is 0. The Morgan fingerprint density at radius 1 is 1.50 bits per heavy atom. The second-order valence-corrected chi connectivity index (χ2v) is 3.08. The largest absolute Gasteiger partial charge is 0.444 e. The van der Waals surface area contributed by atoms with Gasteiger partial charge in [-0.3, -0.25) is 0 Å². The van der Waals surface area contributed by atoms with Crippen molar-refractivity contribution < 1.29 is 4.42 Å². The van der Waals surface area contributed by atoms with Crippen LogP contribution in [0.15, 0.2) is 27.3 Å². The third-order valence-corrected chi connectivity index (χ3v) is 1.91. The molecule has 2 rings (SSSR count). The number of fused-ring (bicyclic) bond motifs is 1. The van der Waals surface area contributed by atoms with Crippen molar-refractivity contribution in [3.05, 3.63) is 28.7 Å². The highest BCUT2D eigenvalue weighted by atomic mass is 79.9. The van der Waals surface area contributed by atoms with E-state index >= 15 is 0 Å². The number of nitriles is 1. The molecule has 0 aliphatic heterocycles. The average molecular weight is 223 g/mol. The van der Waals surface area contributed by atoms with Gasteiger partial charge in [0.05, 0.1) is 6.20 Å². The molecule has 12 heavy (non-hydrogen) atoms. The van der Waals surface area contributed by atoms with Gasteiger partial charge >= 0.3 is 0 Å². The van der Waals surface area contributed by atoms with E-state index in [2.05, 4.69) is 20.9 Å². The van der Waals surface area contributed by atoms with Crippen LogP contribution in [0.1, 0.15) is 5.76 Å². The molecule has 0 radical (unpaired) electrons. The van der Waals surface area contributed by atoms with Crippen molar-refractivity contribution in [2.45, 2.75) is 0 Å². The quantitative estimate of drug-likeness (QED) is 0.644. The minimum Gasteiger partial charge on any atom is -0.444 e. The fraction of sp³-hybridized carbons (Fsp3) is 0. The van der Waals surface area contributed by atoms with Crippen molar-refractivity contribution in [1.82, 2.24) is 4.98 Å². The Balaban J connectivity index is 2.77. The summed E-state index contributed by atoms with van der Waals surface area (Å²) in [5.41, 5.74) is 0.634. The van der Waals surface area contributed by atoms with E-state index < -0.39 is 0 Å². The topological polar surface area (TPSA) is 49.8 Å². The van der Waals surface area contributed by atoms with Gasteiger partial charge < -0.3 is 4.42 Å². The van der Waals surface area contributed by atoms with Crippen LogP contribution in [-0.2, 0) is 0 Å². The SMILES string of the molecule is N#Cc1cc2cc(Br)ncc2o1. The minimum absolute atomic E-state index is 0.310. The van der Waals surface area contributed by atoms with Crippen LogP contribution >= 0.6 is 15.9 Å². The second-order valence-electron chi connectivity index (χ2n) is 2.27. The average Bonchev–Trinajstić information content (AvgIpc) is 2.46. The number of rotatable bonds is 0. The summed E-state index contributed by atoms with van der Waals surface area (Å²) in [5.74, 6) is 0.310. The van der Waals surface area contributed by atoms with Gasteiger partial charge in [-0.25, -0.2) is 4.98 Å². The molecule has 0 unspecified atom stereocenters. The molecular formula is C8H3BrN2O. The van der Waals surface area contributed by atoms with Crippen LogP contribution in [0.25, 0.3) is 11.0 Å². The summed E-state index contributed by atoms with van der Waals surface area (Å²) in [4.78, 5) is 3.97. The van der Waals surface area contributed by atoms with E-state index in [9.17, 15) is 0 Å². The standard InChI is InChI=1S/C8H3BrN2O/c9-8-2-5-1-6(3-10)12-7(5)4-11-8/h1-2,4H. The number of hydrogen-bond acceptors (Lipinski definition) is 3. The molecule has 58 valence electrons. The van der Waals surface area contributed by atoms with Crippen molar-refractivity contribution in [3.63, 3.8) is 0 Å². The van der Waals surface area contributed by atoms with Crippen LogP contribution in [-0.4, -0.2) is 4.98 Å². The number of aromatic nitrogens is 1. The molecule has 0 N–H and O–H groups in total. The summed E-state index contributed by atoms with van der Waals surface area (Å²) in [5, 5.41) is 9.41. The lowest BCUT2D eigenvalue weighted by Gasteiger charge is -1.86. The normalized spacial score (nSPS) is 10.0. The van der Waals surface area contributed by atoms with Crippen LogP contribution < -0.4 is 0 Å². The van der Waals surface area contributed by atoms with E-state index in [0.29, 0.717) is 11.3 Å². The van der Waals surface area contributed by atoms with Gasteiger partial charge in [0.25, 0.3) is 0 Å².